The third-order valence-electron chi connectivity index (χ3n) is 3.70. The number of Topliss-reactive ketones (excluding diaryl/α,β-unsaturated/α-hetero) is 1. The molecule has 0 spiro atoms. The summed E-state index contributed by atoms with van der Waals surface area (Å²) in [4.78, 5) is 30.9. The predicted octanol–water partition coefficient (Wildman–Crippen LogP) is 4.23. The lowest BCUT2D eigenvalue weighted by molar-refractivity contribution is 0.0519. The molecule has 0 bridgehead atoms. The molecule has 0 radical (unpaired) electrons. The minimum atomic E-state index is -0.449. The molecule has 0 aliphatic carbocycles. The molecule has 3 aromatic rings. The molecular formula is C20H18N2O3S. The number of rotatable bonds is 7. The van der Waals surface area contributed by atoms with Crippen molar-refractivity contribution in [3.8, 4) is 11.1 Å². The van der Waals surface area contributed by atoms with Crippen molar-refractivity contribution in [3.63, 3.8) is 0 Å². The Morgan fingerprint density at radius 3 is 2.42 bits per heavy atom. The number of nitrogens with zero attached hydrogens (tertiary/aromatic N) is 1. The van der Waals surface area contributed by atoms with Gasteiger partial charge < -0.3 is 9.72 Å². The van der Waals surface area contributed by atoms with Gasteiger partial charge >= 0.3 is 5.97 Å². The van der Waals surface area contributed by atoms with Crippen LogP contribution in [-0.4, -0.2) is 34.1 Å². The van der Waals surface area contributed by atoms with Crippen LogP contribution in [-0.2, 0) is 4.74 Å². The Kier molecular flexibility index (Phi) is 5.86. The Hall–Kier alpha value is -2.86. The van der Waals surface area contributed by atoms with E-state index in [0.717, 1.165) is 11.1 Å². The maximum absolute atomic E-state index is 12.4. The summed E-state index contributed by atoms with van der Waals surface area (Å²) in [6.07, 6.45) is 1.42. The van der Waals surface area contributed by atoms with Crippen LogP contribution in [0.15, 0.2) is 66.0 Å². The summed E-state index contributed by atoms with van der Waals surface area (Å²) >= 11 is 1.26. The molecule has 6 heteroatoms. The molecule has 1 aromatic heterocycles. The zero-order valence-electron chi connectivity index (χ0n) is 14.3. The quantitative estimate of drug-likeness (QED) is 0.385. The maximum atomic E-state index is 12.4. The van der Waals surface area contributed by atoms with Crippen molar-refractivity contribution in [2.75, 3.05) is 12.4 Å². The summed E-state index contributed by atoms with van der Waals surface area (Å²) in [7, 11) is 0. The second-order valence-corrected chi connectivity index (χ2v) is 6.44. The van der Waals surface area contributed by atoms with Gasteiger partial charge in [-0.05, 0) is 18.1 Å². The topological polar surface area (TPSA) is 72.0 Å². The molecule has 0 aliphatic rings. The number of aromatic amines is 1. The van der Waals surface area contributed by atoms with Crippen LogP contribution in [0.1, 0.15) is 27.8 Å². The number of hydrogen-bond donors (Lipinski definition) is 1. The number of benzene rings is 2. The average molecular weight is 366 g/mol. The van der Waals surface area contributed by atoms with Gasteiger partial charge in [0.1, 0.15) is 5.69 Å². The summed E-state index contributed by atoms with van der Waals surface area (Å²) in [5.41, 5.74) is 3.12. The van der Waals surface area contributed by atoms with E-state index in [4.69, 9.17) is 4.74 Å². The summed E-state index contributed by atoms with van der Waals surface area (Å²) in [5.74, 6) is -0.209. The first-order chi connectivity index (χ1) is 12.7. The average Bonchev–Trinajstić information content (AvgIpc) is 3.16. The summed E-state index contributed by atoms with van der Waals surface area (Å²) in [6, 6.07) is 17.6. The number of ether oxygens (including phenoxy) is 1. The van der Waals surface area contributed by atoms with Gasteiger partial charge in [-0.1, -0.05) is 66.4 Å². The molecule has 1 heterocycles. The first kappa shape index (κ1) is 17.9. The Morgan fingerprint density at radius 1 is 1.04 bits per heavy atom. The minimum absolute atomic E-state index is 0.00342. The zero-order chi connectivity index (χ0) is 18.4. The lowest BCUT2D eigenvalue weighted by Gasteiger charge is -2.04. The highest BCUT2D eigenvalue weighted by Crippen LogP contribution is 2.21. The normalized spacial score (nSPS) is 10.5. The molecular weight excluding hydrogens is 348 g/mol. The van der Waals surface area contributed by atoms with Crippen LogP contribution in [0.2, 0.25) is 0 Å². The third kappa shape index (κ3) is 4.40. The lowest BCUT2D eigenvalue weighted by atomic mass is 10.0. The molecule has 0 fully saturated rings. The molecule has 0 saturated heterocycles. The van der Waals surface area contributed by atoms with Crippen molar-refractivity contribution in [2.24, 2.45) is 0 Å². The number of hydrogen-bond acceptors (Lipinski definition) is 5. The first-order valence-electron chi connectivity index (χ1n) is 8.21. The van der Waals surface area contributed by atoms with Crippen molar-refractivity contribution in [3.05, 3.63) is 72.1 Å². The van der Waals surface area contributed by atoms with Gasteiger partial charge in [-0.3, -0.25) is 4.79 Å². The number of aromatic nitrogens is 2. The number of carbonyl (C=O) groups is 2. The van der Waals surface area contributed by atoms with Gasteiger partial charge in [0, 0.05) is 5.56 Å². The predicted molar refractivity (Wildman–Crippen MR) is 101 cm³/mol. The standard InChI is InChI=1S/C20H18N2O3S/c1-2-25-19(24)17-12-21-20(22-17)26-13-18(23)16-10-8-15(9-11-16)14-6-4-3-5-7-14/h3-12H,2,13H2,1H3,(H,21,22). The SMILES string of the molecule is CCOC(=O)c1cnc(SCC(=O)c2ccc(-c3ccccc3)cc2)[nH]1. The first-order valence-corrected chi connectivity index (χ1v) is 9.19. The highest BCUT2D eigenvalue weighted by atomic mass is 32.2. The van der Waals surface area contributed by atoms with E-state index in [0.29, 0.717) is 17.3 Å². The monoisotopic (exact) mass is 366 g/mol. The largest absolute Gasteiger partial charge is 0.461 e. The van der Waals surface area contributed by atoms with Gasteiger partial charge in [-0.2, -0.15) is 0 Å². The number of thioether (sulfide) groups is 1. The molecule has 0 unspecified atom stereocenters. The maximum Gasteiger partial charge on any atom is 0.356 e. The summed E-state index contributed by atoms with van der Waals surface area (Å²) in [6.45, 7) is 2.05. The number of imidazole rings is 1. The van der Waals surface area contributed by atoms with Crippen molar-refractivity contribution < 1.29 is 14.3 Å². The summed E-state index contributed by atoms with van der Waals surface area (Å²) < 4.78 is 4.90. The van der Waals surface area contributed by atoms with Crippen LogP contribution in [0.5, 0.6) is 0 Å². The number of H-pyrrole nitrogens is 1. The van der Waals surface area contributed by atoms with E-state index in [1.807, 2.05) is 54.6 Å². The van der Waals surface area contributed by atoms with Crippen LogP contribution >= 0.6 is 11.8 Å². The van der Waals surface area contributed by atoms with Gasteiger partial charge in [-0.15, -0.1) is 0 Å². The molecule has 132 valence electrons. The molecule has 5 nitrogen and oxygen atoms in total. The highest BCUT2D eigenvalue weighted by Gasteiger charge is 2.12. The smallest absolute Gasteiger partial charge is 0.356 e. The number of carbonyl (C=O) groups excluding carboxylic acids is 2. The summed E-state index contributed by atoms with van der Waals surface area (Å²) in [5, 5.41) is 0.516. The van der Waals surface area contributed by atoms with Crippen LogP contribution in [0, 0.1) is 0 Å². The highest BCUT2D eigenvalue weighted by molar-refractivity contribution is 7.99. The lowest BCUT2D eigenvalue weighted by Crippen LogP contribution is -2.05. The molecule has 3 rings (SSSR count). The van der Waals surface area contributed by atoms with E-state index in [1.54, 1.807) is 6.92 Å². The van der Waals surface area contributed by atoms with Crippen LogP contribution < -0.4 is 0 Å². The van der Waals surface area contributed by atoms with Crippen molar-refractivity contribution in [1.82, 2.24) is 9.97 Å². The van der Waals surface area contributed by atoms with Crippen LogP contribution in [0.3, 0.4) is 0 Å². The van der Waals surface area contributed by atoms with E-state index in [-0.39, 0.29) is 17.2 Å². The molecule has 0 amide bonds. The van der Waals surface area contributed by atoms with Crippen molar-refractivity contribution in [1.29, 1.82) is 0 Å². The van der Waals surface area contributed by atoms with Crippen LogP contribution in [0.25, 0.3) is 11.1 Å². The Bertz CT molecular complexity index is 889. The fourth-order valence-electron chi connectivity index (χ4n) is 2.39. The number of esters is 1. The van der Waals surface area contributed by atoms with Gasteiger partial charge in [0.15, 0.2) is 10.9 Å². The zero-order valence-corrected chi connectivity index (χ0v) is 15.1. The molecule has 0 aliphatic heterocycles. The second-order valence-electron chi connectivity index (χ2n) is 5.48. The van der Waals surface area contributed by atoms with Gasteiger partial charge in [-0.25, -0.2) is 9.78 Å². The molecule has 26 heavy (non-hydrogen) atoms. The van der Waals surface area contributed by atoms with E-state index in [2.05, 4.69) is 9.97 Å². The van der Waals surface area contributed by atoms with Gasteiger partial charge in [0.05, 0.1) is 18.6 Å². The third-order valence-corrected chi connectivity index (χ3v) is 4.59. The molecule has 1 N–H and O–H groups in total. The Balaban J connectivity index is 1.59. The number of nitrogens with one attached hydrogen (secondary N) is 1. The second kappa shape index (κ2) is 8.49. The van der Waals surface area contributed by atoms with Gasteiger partial charge in [0.2, 0.25) is 0 Å². The van der Waals surface area contributed by atoms with E-state index in [1.165, 1.54) is 18.0 Å². The van der Waals surface area contributed by atoms with Crippen molar-refractivity contribution in [2.45, 2.75) is 12.1 Å². The fourth-order valence-corrected chi connectivity index (χ4v) is 3.13. The number of ketones is 1. The van der Waals surface area contributed by atoms with E-state index >= 15 is 0 Å². The van der Waals surface area contributed by atoms with E-state index in [9.17, 15) is 9.59 Å². The molecule has 2 aromatic carbocycles. The van der Waals surface area contributed by atoms with Gasteiger partial charge in [0.25, 0.3) is 0 Å². The van der Waals surface area contributed by atoms with Crippen LogP contribution in [0.4, 0.5) is 0 Å². The molecule has 0 atom stereocenters. The Morgan fingerprint density at radius 2 is 1.73 bits per heavy atom. The van der Waals surface area contributed by atoms with Crippen molar-refractivity contribution >= 4 is 23.5 Å². The Labute approximate surface area is 155 Å². The molecule has 0 saturated carbocycles. The van der Waals surface area contributed by atoms with E-state index < -0.39 is 5.97 Å². The fraction of sp³-hybridized carbons (Fsp3) is 0.150. The minimum Gasteiger partial charge on any atom is -0.461 e.